The zero-order valence-corrected chi connectivity index (χ0v) is 18.8. The first-order valence-corrected chi connectivity index (χ1v) is 11.4. The van der Waals surface area contributed by atoms with Crippen molar-refractivity contribution in [1.82, 2.24) is 10.2 Å². The van der Waals surface area contributed by atoms with E-state index in [-0.39, 0.29) is 11.8 Å². The molecule has 2 amide bonds. The monoisotopic (exact) mass is 462 g/mol. The van der Waals surface area contributed by atoms with Crippen LogP contribution in [0.15, 0.2) is 59.1 Å². The SMILES string of the molecule is CCCNC(=O)[C@H](C)N(Cc1ccc(Br)cc1)C(=O)CSCc1ccccc1. The third-order valence-electron chi connectivity index (χ3n) is 4.32. The van der Waals surface area contributed by atoms with Crippen molar-refractivity contribution in [2.24, 2.45) is 0 Å². The lowest BCUT2D eigenvalue weighted by Crippen LogP contribution is -2.48. The summed E-state index contributed by atoms with van der Waals surface area (Å²) >= 11 is 5.00. The number of nitrogens with zero attached hydrogens (tertiary/aromatic N) is 1. The van der Waals surface area contributed by atoms with Crippen molar-refractivity contribution in [3.63, 3.8) is 0 Å². The molecule has 0 aliphatic rings. The van der Waals surface area contributed by atoms with Gasteiger partial charge in [0, 0.05) is 23.3 Å². The van der Waals surface area contributed by atoms with Crippen LogP contribution in [0, 0.1) is 0 Å². The van der Waals surface area contributed by atoms with E-state index in [1.165, 1.54) is 5.56 Å². The van der Waals surface area contributed by atoms with Crippen molar-refractivity contribution in [3.8, 4) is 0 Å². The Balaban J connectivity index is 2.03. The van der Waals surface area contributed by atoms with E-state index in [9.17, 15) is 9.59 Å². The molecule has 6 heteroatoms. The molecule has 0 spiro atoms. The fraction of sp³-hybridized carbons (Fsp3) is 0.364. The van der Waals surface area contributed by atoms with E-state index in [2.05, 4.69) is 33.4 Å². The summed E-state index contributed by atoms with van der Waals surface area (Å²) in [5.41, 5.74) is 2.19. The Morgan fingerprint density at radius 3 is 2.39 bits per heavy atom. The highest BCUT2D eigenvalue weighted by Crippen LogP contribution is 2.17. The van der Waals surface area contributed by atoms with Gasteiger partial charge in [0.1, 0.15) is 6.04 Å². The van der Waals surface area contributed by atoms with Crippen LogP contribution in [0.4, 0.5) is 0 Å². The van der Waals surface area contributed by atoms with Gasteiger partial charge in [-0.3, -0.25) is 9.59 Å². The Morgan fingerprint density at radius 1 is 1.07 bits per heavy atom. The largest absolute Gasteiger partial charge is 0.354 e. The summed E-state index contributed by atoms with van der Waals surface area (Å²) in [6.45, 7) is 4.84. The molecule has 1 N–H and O–H groups in total. The predicted molar refractivity (Wildman–Crippen MR) is 120 cm³/mol. The van der Waals surface area contributed by atoms with Crippen LogP contribution in [0.3, 0.4) is 0 Å². The maximum Gasteiger partial charge on any atom is 0.242 e. The first kappa shape index (κ1) is 22.5. The number of halogens is 1. The number of hydrogen-bond acceptors (Lipinski definition) is 3. The molecule has 0 bridgehead atoms. The van der Waals surface area contributed by atoms with Crippen LogP contribution in [0.25, 0.3) is 0 Å². The van der Waals surface area contributed by atoms with Crippen molar-refractivity contribution in [1.29, 1.82) is 0 Å². The number of benzene rings is 2. The number of nitrogens with one attached hydrogen (secondary N) is 1. The molecule has 2 aromatic carbocycles. The first-order chi connectivity index (χ1) is 13.5. The van der Waals surface area contributed by atoms with Crippen molar-refractivity contribution in [2.75, 3.05) is 12.3 Å². The molecule has 150 valence electrons. The first-order valence-electron chi connectivity index (χ1n) is 9.44. The number of thioether (sulfide) groups is 1. The Kier molecular flexibility index (Phi) is 9.58. The normalized spacial score (nSPS) is 11.7. The third kappa shape index (κ3) is 7.32. The van der Waals surface area contributed by atoms with Gasteiger partial charge in [-0.2, -0.15) is 0 Å². The second kappa shape index (κ2) is 11.9. The second-order valence-corrected chi connectivity index (χ2v) is 8.49. The Hall–Kier alpha value is -1.79. The zero-order chi connectivity index (χ0) is 20.4. The summed E-state index contributed by atoms with van der Waals surface area (Å²) < 4.78 is 0.987. The van der Waals surface area contributed by atoms with Crippen LogP contribution in [-0.4, -0.2) is 35.1 Å². The molecule has 0 aliphatic heterocycles. The van der Waals surface area contributed by atoms with Gasteiger partial charge >= 0.3 is 0 Å². The lowest BCUT2D eigenvalue weighted by molar-refractivity contribution is -0.138. The maximum atomic E-state index is 12.9. The van der Waals surface area contributed by atoms with E-state index in [0.29, 0.717) is 18.8 Å². The molecule has 0 unspecified atom stereocenters. The van der Waals surface area contributed by atoms with Crippen LogP contribution in [0.1, 0.15) is 31.4 Å². The summed E-state index contributed by atoms with van der Waals surface area (Å²) in [5.74, 6) is 0.981. The lowest BCUT2D eigenvalue weighted by Gasteiger charge is -2.28. The van der Waals surface area contributed by atoms with E-state index in [4.69, 9.17) is 0 Å². The van der Waals surface area contributed by atoms with Crippen LogP contribution < -0.4 is 5.32 Å². The summed E-state index contributed by atoms with van der Waals surface area (Å²) in [6, 6.07) is 17.4. The quantitative estimate of drug-likeness (QED) is 0.559. The molecular weight excluding hydrogens is 436 g/mol. The molecule has 28 heavy (non-hydrogen) atoms. The smallest absolute Gasteiger partial charge is 0.242 e. The van der Waals surface area contributed by atoms with E-state index in [1.807, 2.05) is 49.4 Å². The van der Waals surface area contributed by atoms with Gasteiger partial charge in [0.15, 0.2) is 0 Å². The third-order valence-corrected chi connectivity index (χ3v) is 5.84. The molecule has 4 nitrogen and oxygen atoms in total. The number of carbonyl (C=O) groups excluding carboxylic acids is 2. The average molecular weight is 463 g/mol. The molecule has 0 saturated carbocycles. The molecule has 0 radical (unpaired) electrons. The molecule has 2 rings (SSSR count). The van der Waals surface area contributed by atoms with E-state index in [0.717, 1.165) is 22.2 Å². The molecule has 0 aliphatic carbocycles. The van der Waals surface area contributed by atoms with Gasteiger partial charge < -0.3 is 10.2 Å². The van der Waals surface area contributed by atoms with Gasteiger partial charge in [-0.15, -0.1) is 11.8 Å². The highest BCUT2D eigenvalue weighted by Gasteiger charge is 2.25. The van der Waals surface area contributed by atoms with Gasteiger partial charge in [-0.25, -0.2) is 0 Å². The molecule has 2 aromatic rings. The summed E-state index contributed by atoms with van der Waals surface area (Å²) in [7, 11) is 0. The Labute approximate surface area is 180 Å². The van der Waals surface area contributed by atoms with Crippen molar-refractivity contribution >= 4 is 39.5 Å². The minimum atomic E-state index is -0.514. The van der Waals surface area contributed by atoms with Gasteiger partial charge in [0.2, 0.25) is 11.8 Å². The van der Waals surface area contributed by atoms with Crippen molar-refractivity contribution < 1.29 is 9.59 Å². The molecule has 0 saturated heterocycles. The number of amides is 2. The number of rotatable bonds is 10. The summed E-state index contributed by atoms with van der Waals surface area (Å²) in [4.78, 5) is 27.1. The van der Waals surface area contributed by atoms with Crippen LogP contribution in [0.2, 0.25) is 0 Å². The number of carbonyl (C=O) groups is 2. The lowest BCUT2D eigenvalue weighted by atomic mass is 10.1. The summed E-state index contributed by atoms with van der Waals surface area (Å²) in [5, 5.41) is 2.90. The highest BCUT2D eigenvalue weighted by atomic mass is 79.9. The van der Waals surface area contributed by atoms with Crippen LogP contribution >= 0.6 is 27.7 Å². The van der Waals surface area contributed by atoms with Gasteiger partial charge in [-0.05, 0) is 36.6 Å². The minimum Gasteiger partial charge on any atom is -0.354 e. The zero-order valence-electron chi connectivity index (χ0n) is 16.4. The molecule has 0 fully saturated rings. The maximum absolute atomic E-state index is 12.9. The predicted octanol–water partition coefficient (Wildman–Crippen LogP) is 4.63. The minimum absolute atomic E-state index is 0.0250. The van der Waals surface area contributed by atoms with Gasteiger partial charge in [-0.1, -0.05) is 65.3 Å². The topological polar surface area (TPSA) is 49.4 Å². The van der Waals surface area contributed by atoms with E-state index >= 15 is 0 Å². The molecular formula is C22H27BrN2O2S. The van der Waals surface area contributed by atoms with Gasteiger partial charge in [0.25, 0.3) is 0 Å². The molecule has 0 aromatic heterocycles. The highest BCUT2D eigenvalue weighted by molar-refractivity contribution is 9.10. The van der Waals surface area contributed by atoms with E-state index in [1.54, 1.807) is 23.6 Å². The van der Waals surface area contributed by atoms with E-state index < -0.39 is 6.04 Å². The second-order valence-electron chi connectivity index (χ2n) is 6.59. The Morgan fingerprint density at radius 2 is 1.75 bits per heavy atom. The fourth-order valence-corrected chi connectivity index (χ4v) is 3.81. The van der Waals surface area contributed by atoms with Crippen LogP contribution in [-0.2, 0) is 21.9 Å². The standard InChI is InChI=1S/C22H27BrN2O2S/c1-3-13-24-22(27)17(2)25(14-18-9-11-20(23)12-10-18)21(26)16-28-15-19-7-5-4-6-8-19/h4-12,17H,3,13-16H2,1-2H3,(H,24,27)/t17-/m0/s1. The van der Waals surface area contributed by atoms with Crippen molar-refractivity contribution in [2.45, 2.75) is 38.6 Å². The fourth-order valence-electron chi connectivity index (χ4n) is 2.68. The van der Waals surface area contributed by atoms with Gasteiger partial charge in [0.05, 0.1) is 5.75 Å². The number of hydrogen-bond donors (Lipinski definition) is 1. The summed E-state index contributed by atoms with van der Waals surface area (Å²) in [6.07, 6.45) is 0.867. The molecule has 1 atom stereocenters. The Bertz CT molecular complexity index is 753. The van der Waals surface area contributed by atoms with Crippen molar-refractivity contribution in [3.05, 3.63) is 70.2 Å². The van der Waals surface area contributed by atoms with Crippen LogP contribution in [0.5, 0.6) is 0 Å². The molecule has 0 heterocycles. The average Bonchev–Trinajstić information content (AvgIpc) is 2.71.